The Balaban J connectivity index is 2.16. The maximum atomic E-state index is 12.5. The van der Waals surface area contributed by atoms with Crippen molar-refractivity contribution in [3.63, 3.8) is 0 Å². The van der Waals surface area contributed by atoms with Gasteiger partial charge in [-0.15, -0.1) is 0 Å². The highest BCUT2D eigenvalue weighted by atomic mass is 32.2. The highest BCUT2D eigenvalue weighted by Crippen LogP contribution is 2.36. The van der Waals surface area contributed by atoms with Gasteiger partial charge in [-0.3, -0.25) is 4.79 Å². The quantitative estimate of drug-likeness (QED) is 0.507. The fourth-order valence-corrected chi connectivity index (χ4v) is 5.43. The lowest BCUT2D eigenvalue weighted by Crippen LogP contribution is -2.34. The van der Waals surface area contributed by atoms with Crippen LogP contribution in [0.25, 0.3) is 0 Å². The van der Waals surface area contributed by atoms with Gasteiger partial charge in [0.2, 0.25) is 5.12 Å². The summed E-state index contributed by atoms with van der Waals surface area (Å²) >= 11 is 1.02. The molecule has 0 amide bonds. The van der Waals surface area contributed by atoms with Gasteiger partial charge in [0, 0.05) is 18.4 Å². The van der Waals surface area contributed by atoms with Crippen LogP contribution in [0, 0.1) is 5.92 Å². The van der Waals surface area contributed by atoms with Crippen LogP contribution >= 0.6 is 11.8 Å². The Labute approximate surface area is 140 Å². The Morgan fingerprint density at radius 2 is 2.13 bits per heavy atom. The smallest absolute Gasteiger partial charge is 0.213 e. The molecule has 6 nitrogen and oxygen atoms in total. The van der Waals surface area contributed by atoms with Gasteiger partial charge >= 0.3 is 0 Å². The number of carbonyl (C=O) groups is 1. The minimum absolute atomic E-state index is 0.0166. The summed E-state index contributed by atoms with van der Waals surface area (Å²) in [6, 6.07) is 5.93. The van der Waals surface area contributed by atoms with E-state index in [-0.39, 0.29) is 41.7 Å². The standard InChI is InChI=1S/C15H21NO5S2/c16-6-4-14(17)12-2-1-3-13(8-12)23(20,21)10-11-5-7-22-15(18,19)9-11/h1-3,8,11,18-19H,4-7,9-10,16H2. The van der Waals surface area contributed by atoms with E-state index in [4.69, 9.17) is 5.73 Å². The molecule has 1 aliphatic rings. The highest BCUT2D eigenvalue weighted by molar-refractivity contribution is 8.00. The molecule has 1 heterocycles. The zero-order valence-corrected chi connectivity index (χ0v) is 14.3. The third-order valence-corrected chi connectivity index (χ3v) is 6.71. The number of aliphatic hydroxyl groups is 2. The molecule has 0 saturated carbocycles. The number of ketones is 1. The largest absolute Gasteiger partial charge is 0.357 e. The first-order chi connectivity index (χ1) is 10.7. The van der Waals surface area contributed by atoms with Crippen LogP contribution in [0.15, 0.2) is 29.2 Å². The van der Waals surface area contributed by atoms with E-state index in [9.17, 15) is 23.4 Å². The maximum absolute atomic E-state index is 12.5. The van der Waals surface area contributed by atoms with E-state index >= 15 is 0 Å². The number of rotatable bonds is 6. The molecule has 0 bridgehead atoms. The molecule has 1 fully saturated rings. The second-order valence-electron chi connectivity index (χ2n) is 5.72. The molecular formula is C15H21NO5S2. The number of thioether (sulfide) groups is 1. The molecule has 4 N–H and O–H groups in total. The van der Waals surface area contributed by atoms with Crippen LogP contribution in [0.3, 0.4) is 0 Å². The van der Waals surface area contributed by atoms with Gasteiger partial charge in [-0.25, -0.2) is 8.42 Å². The number of nitrogens with two attached hydrogens (primary N) is 1. The molecule has 0 aromatic heterocycles. The molecule has 0 aliphatic carbocycles. The summed E-state index contributed by atoms with van der Waals surface area (Å²) in [5.41, 5.74) is 5.68. The summed E-state index contributed by atoms with van der Waals surface area (Å²) in [6.07, 6.45) is 0.794. The van der Waals surface area contributed by atoms with Crippen LogP contribution in [0.5, 0.6) is 0 Å². The fraction of sp³-hybridized carbons (Fsp3) is 0.533. The van der Waals surface area contributed by atoms with Gasteiger partial charge in [-0.2, -0.15) is 0 Å². The number of benzene rings is 1. The van der Waals surface area contributed by atoms with Gasteiger partial charge in [0.25, 0.3) is 0 Å². The van der Waals surface area contributed by atoms with E-state index in [1.54, 1.807) is 6.07 Å². The molecule has 1 unspecified atom stereocenters. The van der Waals surface area contributed by atoms with E-state index < -0.39 is 15.0 Å². The van der Waals surface area contributed by atoms with E-state index in [0.29, 0.717) is 17.7 Å². The third kappa shape index (κ3) is 5.02. The molecular weight excluding hydrogens is 338 g/mol. The zero-order chi connectivity index (χ0) is 17.1. The number of hydrogen-bond donors (Lipinski definition) is 3. The van der Waals surface area contributed by atoms with Crippen molar-refractivity contribution in [2.75, 3.05) is 18.1 Å². The van der Waals surface area contributed by atoms with Crippen molar-refractivity contribution in [3.8, 4) is 0 Å². The minimum atomic E-state index is -3.60. The number of Topliss-reactive ketones (excluding diaryl/α,β-unsaturated/α-hetero) is 1. The first-order valence-electron chi connectivity index (χ1n) is 7.38. The Kier molecular flexibility index (Phi) is 5.85. The van der Waals surface area contributed by atoms with Crippen LogP contribution in [-0.4, -0.2) is 47.6 Å². The van der Waals surface area contributed by atoms with Gasteiger partial charge in [-0.05, 0) is 36.8 Å². The molecule has 1 atom stereocenters. The lowest BCUT2D eigenvalue weighted by atomic mass is 10.0. The summed E-state index contributed by atoms with van der Waals surface area (Å²) in [7, 11) is -3.60. The van der Waals surface area contributed by atoms with Gasteiger partial charge in [0.1, 0.15) is 0 Å². The summed E-state index contributed by atoms with van der Waals surface area (Å²) in [5, 5.41) is 17.4. The van der Waals surface area contributed by atoms with Gasteiger partial charge in [0.05, 0.1) is 10.6 Å². The first kappa shape index (κ1) is 18.4. The summed E-state index contributed by atoms with van der Waals surface area (Å²) in [4.78, 5) is 11.9. The average molecular weight is 359 g/mol. The van der Waals surface area contributed by atoms with Crippen molar-refractivity contribution in [3.05, 3.63) is 29.8 Å². The van der Waals surface area contributed by atoms with Crippen LogP contribution < -0.4 is 5.73 Å². The SMILES string of the molecule is NCCC(=O)c1cccc(S(=O)(=O)CC2CCSC(O)(O)C2)c1. The first-order valence-corrected chi connectivity index (χ1v) is 10.0. The molecule has 2 rings (SSSR count). The molecule has 1 aromatic carbocycles. The fourth-order valence-electron chi connectivity index (χ4n) is 2.61. The van der Waals surface area contributed by atoms with Gasteiger partial charge < -0.3 is 15.9 Å². The Bertz CT molecular complexity index is 672. The lowest BCUT2D eigenvalue weighted by molar-refractivity contribution is -0.0931. The van der Waals surface area contributed by atoms with Crippen molar-refractivity contribution in [2.24, 2.45) is 11.7 Å². The van der Waals surface area contributed by atoms with Crippen LogP contribution in [0.2, 0.25) is 0 Å². The second kappa shape index (κ2) is 7.31. The second-order valence-corrected chi connectivity index (χ2v) is 9.11. The average Bonchev–Trinajstić information content (AvgIpc) is 2.46. The summed E-state index contributed by atoms with van der Waals surface area (Å²) in [5.74, 6) is -0.171. The van der Waals surface area contributed by atoms with Crippen molar-refractivity contribution >= 4 is 27.4 Å². The Hall–Kier alpha value is -0.930. The van der Waals surface area contributed by atoms with Gasteiger partial charge in [0.15, 0.2) is 15.6 Å². The molecule has 23 heavy (non-hydrogen) atoms. The number of sulfone groups is 1. The lowest BCUT2D eigenvalue weighted by Gasteiger charge is -2.31. The third-order valence-electron chi connectivity index (χ3n) is 3.76. The van der Waals surface area contributed by atoms with Crippen molar-refractivity contribution < 1.29 is 23.4 Å². The monoisotopic (exact) mass is 359 g/mol. The molecule has 1 aliphatic heterocycles. The molecule has 1 aromatic rings. The molecule has 128 valence electrons. The van der Waals surface area contributed by atoms with Crippen molar-refractivity contribution in [1.82, 2.24) is 0 Å². The molecule has 1 saturated heterocycles. The summed E-state index contributed by atoms with van der Waals surface area (Å²) < 4.78 is 25.1. The highest BCUT2D eigenvalue weighted by Gasteiger charge is 2.35. The van der Waals surface area contributed by atoms with Crippen LogP contribution in [0.1, 0.15) is 29.6 Å². The normalized spacial score (nSPS) is 21.1. The maximum Gasteiger partial charge on any atom is 0.213 e. The minimum Gasteiger partial charge on any atom is -0.357 e. The zero-order valence-electron chi connectivity index (χ0n) is 12.6. The topological polar surface area (TPSA) is 118 Å². The Morgan fingerprint density at radius 1 is 1.39 bits per heavy atom. The van der Waals surface area contributed by atoms with Crippen LogP contribution in [-0.2, 0) is 9.84 Å². The van der Waals surface area contributed by atoms with E-state index in [1.807, 2.05) is 0 Å². The van der Waals surface area contributed by atoms with E-state index in [1.165, 1.54) is 18.2 Å². The number of carbonyl (C=O) groups excluding carboxylic acids is 1. The van der Waals surface area contributed by atoms with Crippen LogP contribution in [0.4, 0.5) is 0 Å². The molecule has 8 heteroatoms. The summed E-state index contributed by atoms with van der Waals surface area (Å²) in [6.45, 7) is 0.213. The Morgan fingerprint density at radius 3 is 2.78 bits per heavy atom. The predicted octanol–water partition coefficient (Wildman–Crippen LogP) is 0.773. The van der Waals surface area contributed by atoms with Gasteiger partial charge in [-0.1, -0.05) is 23.9 Å². The molecule has 0 radical (unpaired) electrons. The van der Waals surface area contributed by atoms with E-state index in [2.05, 4.69) is 0 Å². The predicted molar refractivity (Wildman–Crippen MR) is 88.8 cm³/mol. The molecule has 0 spiro atoms. The van der Waals surface area contributed by atoms with Crippen molar-refractivity contribution in [2.45, 2.75) is 29.3 Å². The van der Waals surface area contributed by atoms with E-state index in [0.717, 1.165) is 11.8 Å². The number of hydrogen-bond acceptors (Lipinski definition) is 7. The van der Waals surface area contributed by atoms with Crippen molar-refractivity contribution in [1.29, 1.82) is 0 Å².